The van der Waals surface area contributed by atoms with E-state index < -0.39 is 36.7 Å². The first-order valence-corrected chi connectivity index (χ1v) is 17.3. The van der Waals surface area contributed by atoms with Crippen LogP contribution in [0.15, 0.2) is 133 Å². The second-order valence-corrected chi connectivity index (χ2v) is 12.6. The van der Waals surface area contributed by atoms with E-state index in [1.807, 2.05) is 121 Å². The van der Waals surface area contributed by atoms with Gasteiger partial charge in [-0.15, -0.1) is 0 Å². The molecule has 1 saturated heterocycles. The van der Waals surface area contributed by atoms with E-state index in [1.165, 1.54) is 13.2 Å². The average Bonchev–Trinajstić information content (AvgIpc) is 3.17. The van der Waals surface area contributed by atoms with Crippen LogP contribution < -0.4 is 4.74 Å². The average molecular weight is 705 g/mol. The number of rotatable bonds is 16. The Hall–Kier alpha value is -5.03. The Morgan fingerprint density at radius 3 is 1.58 bits per heavy atom. The normalized spacial score (nSPS) is 19.9. The highest BCUT2D eigenvalue weighted by atomic mass is 16.7. The number of methoxy groups -OCH3 is 1. The molecule has 1 heterocycles. The van der Waals surface area contributed by atoms with Crippen molar-refractivity contribution in [3.05, 3.63) is 167 Å². The predicted molar refractivity (Wildman–Crippen MR) is 195 cm³/mol. The second kappa shape index (κ2) is 18.5. The van der Waals surface area contributed by atoms with Crippen LogP contribution in [0, 0.1) is 6.92 Å². The zero-order chi connectivity index (χ0) is 36.1. The Morgan fingerprint density at radius 2 is 1.10 bits per heavy atom. The standard InChI is InChI=1S/C43H44O9/c1-30-23-35(24-36(44)38(30)42(45)46-2)51-43-41(50-28-34-21-13-6-14-22-34)40(49-27-33-19-11-5-12-20-33)39(48-26-32-17-9-4-10-18-32)37(52-43)29-47-25-31-15-7-3-8-16-31/h3-24,37,39-41,43-44H,25-29H2,1-2H3/t37-,39-,40+,41-,43-/m1/s1. The van der Waals surface area contributed by atoms with Gasteiger partial charge in [-0.3, -0.25) is 0 Å². The van der Waals surface area contributed by atoms with E-state index in [9.17, 15) is 9.90 Å². The Kier molecular flexibility index (Phi) is 13.0. The molecule has 0 aromatic heterocycles. The molecule has 9 nitrogen and oxygen atoms in total. The molecule has 1 fully saturated rings. The molecule has 1 aliphatic heterocycles. The number of benzene rings is 5. The van der Waals surface area contributed by atoms with Crippen LogP contribution in [0.2, 0.25) is 0 Å². The Labute approximate surface area is 304 Å². The van der Waals surface area contributed by atoms with Crippen LogP contribution in [-0.4, -0.2) is 55.5 Å². The van der Waals surface area contributed by atoms with Gasteiger partial charge in [0.25, 0.3) is 0 Å². The lowest BCUT2D eigenvalue weighted by Crippen LogP contribution is -2.62. The van der Waals surface area contributed by atoms with Gasteiger partial charge in [-0.1, -0.05) is 121 Å². The van der Waals surface area contributed by atoms with Crippen molar-refractivity contribution in [2.24, 2.45) is 0 Å². The van der Waals surface area contributed by atoms with Crippen LogP contribution >= 0.6 is 0 Å². The van der Waals surface area contributed by atoms with Crippen molar-refractivity contribution in [2.75, 3.05) is 13.7 Å². The summed E-state index contributed by atoms with van der Waals surface area (Å²) in [5.41, 5.74) is 4.47. The lowest BCUT2D eigenvalue weighted by molar-refractivity contribution is -0.310. The summed E-state index contributed by atoms with van der Waals surface area (Å²) < 4.78 is 44.5. The molecule has 0 saturated carbocycles. The van der Waals surface area contributed by atoms with Gasteiger partial charge in [-0.05, 0) is 40.8 Å². The zero-order valence-electron chi connectivity index (χ0n) is 29.3. The number of phenols is 1. The maximum atomic E-state index is 12.4. The molecule has 0 radical (unpaired) electrons. The second-order valence-electron chi connectivity index (χ2n) is 12.6. The number of hydrogen-bond acceptors (Lipinski definition) is 9. The molecule has 5 aromatic carbocycles. The van der Waals surface area contributed by atoms with Crippen LogP contribution in [0.3, 0.4) is 0 Å². The quantitative estimate of drug-likeness (QED) is 0.104. The predicted octanol–water partition coefficient (Wildman–Crippen LogP) is 7.56. The number of phenolic OH excluding ortho intramolecular Hbond substituents is 1. The highest BCUT2D eigenvalue weighted by molar-refractivity contribution is 5.94. The number of aromatic hydroxyl groups is 1. The minimum atomic E-state index is -1.03. The molecule has 0 spiro atoms. The molecular weight excluding hydrogens is 660 g/mol. The highest BCUT2D eigenvalue weighted by Gasteiger charge is 2.50. The van der Waals surface area contributed by atoms with Crippen molar-refractivity contribution in [3.8, 4) is 11.5 Å². The minimum absolute atomic E-state index is 0.0573. The Bertz CT molecular complexity index is 1800. The molecule has 0 bridgehead atoms. The molecule has 52 heavy (non-hydrogen) atoms. The smallest absolute Gasteiger partial charge is 0.341 e. The van der Waals surface area contributed by atoms with Crippen molar-refractivity contribution in [1.29, 1.82) is 0 Å². The molecule has 6 rings (SSSR count). The third-order valence-electron chi connectivity index (χ3n) is 8.77. The van der Waals surface area contributed by atoms with Gasteiger partial charge in [-0.2, -0.15) is 0 Å². The fraction of sp³-hybridized carbons (Fsp3) is 0.279. The molecule has 0 aliphatic carbocycles. The first-order valence-electron chi connectivity index (χ1n) is 17.3. The number of aryl methyl sites for hydroxylation is 1. The third-order valence-corrected chi connectivity index (χ3v) is 8.77. The topological polar surface area (TPSA) is 102 Å². The van der Waals surface area contributed by atoms with E-state index in [1.54, 1.807) is 13.0 Å². The Balaban J connectivity index is 1.35. The maximum Gasteiger partial charge on any atom is 0.341 e. The third kappa shape index (κ3) is 9.85. The van der Waals surface area contributed by atoms with Gasteiger partial charge >= 0.3 is 5.97 Å². The monoisotopic (exact) mass is 704 g/mol. The van der Waals surface area contributed by atoms with E-state index in [4.69, 9.17) is 33.2 Å². The summed E-state index contributed by atoms with van der Waals surface area (Å²) >= 11 is 0. The van der Waals surface area contributed by atoms with Crippen molar-refractivity contribution in [2.45, 2.75) is 64.1 Å². The number of carbonyl (C=O) groups excluding carboxylic acids is 1. The summed E-state index contributed by atoms with van der Waals surface area (Å²) in [5.74, 6) is -0.651. The van der Waals surface area contributed by atoms with Crippen LogP contribution in [0.1, 0.15) is 38.2 Å². The van der Waals surface area contributed by atoms with Gasteiger partial charge in [0.15, 0.2) is 0 Å². The summed E-state index contributed by atoms with van der Waals surface area (Å²) in [4.78, 5) is 12.4. The fourth-order valence-electron chi connectivity index (χ4n) is 6.15. The molecule has 1 N–H and O–H groups in total. The molecule has 5 atom stereocenters. The molecule has 9 heteroatoms. The molecule has 0 unspecified atom stereocenters. The molecular formula is C43H44O9. The van der Waals surface area contributed by atoms with Crippen LogP contribution in [0.4, 0.5) is 0 Å². The maximum absolute atomic E-state index is 12.4. The number of carbonyl (C=O) groups is 1. The summed E-state index contributed by atoms with van der Waals surface area (Å²) in [5, 5.41) is 10.9. The summed E-state index contributed by atoms with van der Waals surface area (Å²) in [6.07, 6.45) is -3.83. The summed E-state index contributed by atoms with van der Waals surface area (Å²) in [6.45, 7) is 3.04. The zero-order valence-corrected chi connectivity index (χ0v) is 29.3. The van der Waals surface area contributed by atoms with Gasteiger partial charge in [0.05, 0.1) is 40.1 Å². The van der Waals surface area contributed by atoms with Crippen LogP contribution in [0.5, 0.6) is 11.5 Å². The molecule has 0 amide bonds. The number of esters is 1. The molecule has 270 valence electrons. The lowest BCUT2D eigenvalue weighted by atomic mass is 9.97. The van der Waals surface area contributed by atoms with Crippen molar-refractivity contribution >= 4 is 5.97 Å². The summed E-state index contributed by atoms with van der Waals surface area (Å²) in [6, 6.07) is 42.6. The lowest BCUT2D eigenvalue weighted by Gasteiger charge is -2.45. The number of ether oxygens (including phenoxy) is 7. The van der Waals surface area contributed by atoms with Gasteiger partial charge in [0.1, 0.15) is 41.5 Å². The van der Waals surface area contributed by atoms with Crippen molar-refractivity contribution in [3.63, 3.8) is 0 Å². The van der Waals surface area contributed by atoms with Gasteiger partial charge in [0.2, 0.25) is 6.29 Å². The van der Waals surface area contributed by atoms with Crippen molar-refractivity contribution < 1.29 is 43.1 Å². The van der Waals surface area contributed by atoms with Crippen LogP contribution in [0.25, 0.3) is 0 Å². The minimum Gasteiger partial charge on any atom is -0.507 e. The molecule has 5 aromatic rings. The SMILES string of the molecule is COC(=O)c1c(C)cc(O[C@@H]2O[C@H](COCc3ccccc3)[C@@H](OCc3ccccc3)[C@H](OCc3ccccc3)[C@H]2OCc2ccccc2)cc1O. The fourth-order valence-corrected chi connectivity index (χ4v) is 6.15. The van der Waals surface area contributed by atoms with E-state index in [-0.39, 0.29) is 36.9 Å². The largest absolute Gasteiger partial charge is 0.507 e. The first kappa shape index (κ1) is 36.8. The summed E-state index contributed by atoms with van der Waals surface area (Å²) in [7, 11) is 1.27. The first-order chi connectivity index (χ1) is 25.5. The Morgan fingerprint density at radius 1 is 0.635 bits per heavy atom. The molecule has 1 aliphatic rings. The van der Waals surface area contributed by atoms with Crippen molar-refractivity contribution in [1.82, 2.24) is 0 Å². The van der Waals surface area contributed by atoms with E-state index in [0.29, 0.717) is 18.8 Å². The van der Waals surface area contributed by atoms with Gasteiger partial charge in [0, 0.05) is 6.07 Å². The van der Waals surface area contributed by atoms with Crippen LogP contribution in [-0.2, 0) is 54.8 Å². The van der Waals surface area contributed by atoms with Gasteiger partial charge < -0.3 is 38.3 Å². The van der Waals surface area contributed by atoms with E-state index in [0.717, 1.165) is 22.3 Å². The van der Waals surface area contributed by atoms with E-state index in [2.05, 4.69) is 0 Å². The highest BCUT2D eigenvalue weighted by Crippen LogP contribution is 2.35. The van der Waals surface area contributed by atoms with E-state index >= 15 is 0 Å². The van der Waals surface area contributed by atoms with Gasteiger partial charge in [-0.25, -0.2) is 4.79 Å². The number of hydrogen-bond donors (Lipinski definition) is 1.